The van der Waals surface area contributed by atoms with Crippen LogP contribution in [0.4, 0.5) is 20.5 Å². The summed E-state index contributed by atoms with van der Waals surface area (Å²) in [7, 11) is 0. The summed E-state index contributed by atoms with van der Waals surface area (Å²) in [5.74, 6) is -0.551. The topological polar surface area (TPSA) is 68.4 Å². The fraction of sp³-hybridized carbons (Fsp3) is 0.0588. The normalized spacial score (nSPS) is 11.0. The average molecular weight is 343 g/mol. The van der Waals surface area contributed by atoms with Crippen LogP contribution in [0.1, 0.15) is 5.76 Å². The Morgan fingerprint density at radius 2 is 1.76 bits per heavy atom. The van der Waals surface area contributed by atoms with E-state index in [0.29, 0.717) is 23.1 Å². The van der Waals surface area contributed by atoms with E-state index in [2.05, 4.69) is 9.97 Å². The zero-order valence-electron chi connectivity index (χ0n) is 12.7. The van der Waals surface area contributed by atoms with Gasteiger partial charge in [0, 0.05) is 11.8 Å². The van der Waals surface area contributed by atoms with Crippen LogP contribution < -0.4 is 4.90 Å². The van der Waals surface area contributed by atoms with Crippen LogP contribution in [0.5, 0.6) is 0 Å². The number of benzene rings is 1. The van der Waals surface area contributed by atoms with Gasteiger partial charge in [-0.2, -0.15) is 0 Å². The summed E-state index contributed by atoms with van der Waals surface area (Å²) in [6, 6.07) is 7.20. The Hall–Kier alpha value is -3.42. The lowest BCUT2D eigenvalue weighted by atomic mass is 10.2. The fourth-order valence-corrected chi connectivity index (χ4v) is 2.35. The predicted molar refractivity (Wildman–Crippen MR) is 82.9 cm³/mol. The maximum Gasteiger partial charge on any atom is 0.302 e. The quantitative estimate of drug-likeness (QED) is 0.530. The lowest BCUT2D eigenvalue weighted by Crippen LogP contribution is -2.16. The SMILES string of the molecule is Fc1ccc(N(Cc2ccc(-c3ncco3)o2)c2ncco2)cc1F. The fourth-order valence-electron chi connectivity index (χ4n) is 2.35. The molecule has 0 unspecified atom stereocenters. The van der Waals surface area contributed by atoms with Gasteiger partial charge in [0.05, 0.1) is 18.9 Å². The highest BCUT2D eigenvalue weighted by atomic mass is 19.2. The van der Waals surface area contributed by atoms with Crippen molar-refractivity contribution in [2.45, 2.75) is 6.54 Å². The Kier molecular flexibility index (Phi) is 3.77. The number of halogens is 2. The van der Waals surface area contributed by atoms with E-state index < -0.39 is 11.6 Å². The summed E-state index contributed by atoms with van der Waals surface area (Å²) in [6.45, 7) is 0.187. The molecule has 0 saturated heterocycles. The van der Waals surface area contributed by atoms with E-state index in [4.69, 9.17) is 13.3 Å². The second-order valence-electron chi connectivity index (χ2n) is 5.10. The molecule has 6 nitrogen and oxygen atoms in total. The van der Waals surface area contributed by atoms with Crippen molar-refractivity contribution >= 4 is 11.7 Å². The van der Waals surface area contributed by atoms with E-state index >= 15 is 0 Å². The number of hydrogen-bond donors (Lipinski definition) is 0. The van der Waals surface area contributed by atoms with Gasteiger partial charge in [0.15, 0.2) is 17.4 Å². The van der Waals surface area contributed by atoms with Crippen molar-refractivity contribution in [2.75, 3.05) is 4.90 Å². The summed E-state index contributed by atoms with van der Waals surface area (Å²) in [4.78, 5) is 9.64. The number of rotatable bonds is 5. The van der Waals surface area contributed by atoms with Gasteiger partial charge in [0.25, 0.3) is 5.89 Å². The second-order valence-corrected chi connectivity index (χ2v) is 5.10. The Balaban J connectivity index is 1.66. The van der Waals surface area contributed by atoms with Crippen molar-refractivity contribution in [3.8, 4) is 11.7 Å². The van der Waals surface area contributed by atoms with E-state index in [0.717, 1.165) is 12.1 Å². The zero-order valence-corrected chi connectivity index (χ0v) is 12.7. The van der Waals surface area contributed by atoms with Crippen LogP contribution in [-0.4, -0.2) is 9.97 Å². The highest BCUT2D eigenvalue weighted by Crippen LogP contribution is 2.29. The predicted octanol–water partition coefficient (Wildman–Crippen LogP) is 4.54. The highest BCUT2D eigenvalue weighted by molar-refractivity contribution is 5.56. The van der Waals surface area contributed by atoms with Crippen LogP contribution in [0.25, 0.3) is 11.7 Å². The molecular weight excluding hydrogens is 332 g/mol. The van der Waals surface area contributed by atoms with Gasteiger partial charge in [-0.1, -0.05) is 0 Å². The molecular formula is C17H11F2N3O3. The highest BCUT2D eigenvalue weighted by Gasteiger charge is 2.19. The standard InChI is InChI=1S/C17H11F2N3O3/c18-13-3-1-11(9-14(13)19)22(17-21-6-8-24-17)10-12-2-4-15(25-12)16-20-5-7-23-16/h1-9H,10H2. The first kappa shape index (κ1) is 15.1. The molecule has 0 bridgehead atoms. The molecule has 0 spiro atoms. The summed E-state index contributed by atoms with van der Waals surface area (Å²) < 4.78 is 43.0. The molecule has 126 valence electrons. The first-order valence-corrected chi connectivity index (χ1v) is 7.31. The monoisotopic (exact) mass is 343 g/mol. The summed E-state index contributed by atoms with van der Waals surface area (Å²) in [5.41, 5.74) is 0.371. The van der Waals surface area contributed by atoms with Gasteiger partial charge in [-0.05, 0) is 24.3 Å². The van der Waals surface area contributed by atoms with Crippen molar-refractivity contribution in [1.82, 2.24) is 9.97 Å². The van der Waals surface area contributed by atoms with Crippen LogP contribution in [0.3, 0.4) is 0 Å². The van der Waals surface area contributed by atoms with Crippen LogP contribution in [0, 0.1) is 11.6 Å². The third kappa shape index (κ3) is 3.01. The molecule has 25 heavy (non-hydrogen) atoms. The number of oxazole rings is 2. The van der Waals surface area contributed by atoms with E-state index in [9.17, 15) is 8.78 Å². The lowest BCUT2D eigenvalue weighted by Gasteiger charge is -2.19. The summed E-state index contributed by atoms with van der Waals surface area (Å²) in [5, 5.41) is 0. The van der Waals surface area contributed by atoms with Gasteiger partial charge >= 0.3 is 6.01 Å². The summed E-state index contributed by atoms with van der Waals surface area (Å²) in [6.07, 6.45) is 5.81. The van der Waals surface area contributed by atoms with Gasteiger partial charge in [0.1, 0.15) is 18.3 Å². The van der Waals surface area contributed by atoms with Gasteiger partial charge in [0.2, 0.25) is 0 Å². The second kappa shape index (κ2) is 6.23. The Morgan fingerprint density at radius 1 is 0.920 bits per heavy atom. The van der Waals surface area contributed by atoms with Crippen LogP contribution >= 0.6 is 0 Å². The van der Waals surface area contributed by atoms with Gasteiger partial charge in [-0.25, -0.2) is 18.7 Å². The van der Waals surface area contributed by atoms with Crippen LogP contribution in [0.2, 0.25) is 0 Å². The molecule has 1 aromatic carbocycles. The largest absolute Gasteiger partial charge is 0.454 e. The third-order valence-corrected chi connectivity index (χ3v) is 3.48. The van der Waals surface area contributed by atoms with Gasteiger partial charge in [-0.15, -0.1) is 0 Å². The van der Waals surface area contributed by atoms with Crippen molar-refractivity contribution in [3.05, 3.63) is 72.6 Å². The molecule has 0 aliphatic heterocycles. The molecule has 0 aliphatic rings. The van der Waals surface area contributed by atoms with Crippen molar-refractivity contribution < 1.29 is 22.0 Å². The smallest absolute Gasteiger partial charge is 0.302 e. The van der Waals surface area contributed by atoms with E-state index in [-0.39, 0.29) is 12.6 Å². The lowest BCUT2D eigenvalue weighted by molar-refractivity contribution is 0.478. The van der Waals surface area contributed by atoms with Crippen molar-refractivity contribution in [2.24, 2.45) is 0 Å². The minimum atomic E-state index is -0.964. The average Bonchev–Trinajstić information content (AvgIpc) is 3.37. The van der Waals surface area contributed by atoms with Crippen molar-refractivity contribution in [3.63, 3.8) is 0 Å². The minimum Gasteiger partial charge on any atom is -0.454 e. The molecule has 0 N–H and O–H groups in total. The number of anilines is 2. The van der Waals surface area contributed by atoms with Gasteiger partial charge in [-0.3, -0.25) is 4.90 Å². The molecule has 0 aliphatic carbocycles. The van der Waals surface area contributed by atoms with E-state index in [1.807, 2.05) is 0 Å². The first-order chi connectivity index (χ1) is 12.2. The number of aromatic nitrogens is 2. The van der Waals surface area contributed by atoms with E-state index in [1.165, 1.54) is 31.0 Å². The molecule has 0 fully saturated rings. The Bertz CT molecular complexity index is 965. The minimum absolute atomic E-state index is 0.187. The van der Waals surface area contributed by atoms with E-state index in [1.54, 1.807) is 17.0 Å². The van der Waals surface area contributed by atoms with Crippen LogP contribution in [-0.2, 0) is 6.54 Å². The molecule has 4 rings (SSSR count). The molecule has 3 heterocycles. The molecule has 4 aromatic rings. The number of nitrogens with zero attached hydrogens (tertiary/aromatic N) is 3. The number of hydrogen-bond acceptors (Lipinski definition) is 6. The molecule has 0 saturated carbocycles. The van der Waals surface area contributed by atoms with Crippen LogP contribution in [0.15, 0.2) is 68.5 Å². The number of furan rings is 1. The maximum absolute atomic E-state index is 13.6. The Morgan fingerprint density at radius 3 is 2.48 bits per heavy atom. The maximum atomic E-state index is 13.6. The third-order valence-electron chi connectivity index (χ3n) is 3.48. The van der Waals surface area contributed by atoms with Gasteiger partial charge < -0.3 is 13.3 Å². The van der Waals surface area contributed by atoms with Crippen molar-refractivity contribution in [1.29, 1.82) is 0 Å². The molecule has 3 aromatic heterocycles. The molecule has 0 radical (unpaired) electrons. The molecule has 8 heteroatoms. The first-order valence-electron chi connectivity index (χ1n) is 7.31. The Labute approximate surface area is 140 Å². The summed E-state index contributed by atoms with van der Waals surface area (Å²) >= 11 is 0. The molecule has 0 amide bonds. The zero-order chi connectivity index (χ0) is 17.2. The molecule has 0 atom stereocenters.